The molecule has 134 valence electrons. The number of carbonyl (C=O) groups is 1. The lowest BCUT2D eigenvalue weighted by atomic mass is 10.1. The first-order chi connectivity index (χ1) is 12.2. The molecule has 2 aromatic heterocycles. The summed E-state index contributed by atoms with van der Waals surface area (Å²) in [7, 11) is 0. The van der Waals surface area contributed by atoms with Gasteiger partial charge in [0, 0.05) is 30.3 Å². The number of thiazole rings is 1. The van der Waals surface area contributed by atoms with Crippen LogP contribution in [0.15, 0.2) is 17.5 Å². The Hall–Kier alpha value is -0.600. The van der Waals surface area contributed by atoms with E-state index in [0.717, 1.165) is 51.6 Å². The third-order valence-electron chi connectivity index (χ3n) is 4.54. The lowest BCUT2D eigenvalue weighted by Gasteiger charge is -2.30. The zero-order valence-corrected chi connectivity index (χ0v) is 16.9. The van der Waals surface area contributed by atoms with Crippen LogP contribution in [0, 0.1) is 0 Å². The number of amides is 1. The molecule has 2 aliphatic rings. The molecule has 4 rings (SSSR count). The molecule has 2 unspecified atom stereocenters. The summed E-state index contributed by atoms with van der Waals surface area (Å²) in [5.41, 5.74) is 0.541. The topological polar surface area (TPSA) is 42.4 Å². The lowest BCUT2D eigenvalue weighted by Crippen LogP contribution is -2.44. The molecular weight excluding hydrogens is 396 g/mol. The number of aromatic nitrogens is 1. The Morgan fingerprint density at radius 2 is 2.32 bits per heavy atom. The molecule has 0 aromatic carbocycles. The van der Waals surface area contributed by atoms with Gasteiger partial charge in [-0.05, 0) is 37.1 Å². The molecule has 2 atom stereocenters. The van der Waals surface area contributed by atoms with Crippen LogP contribution in [-0.4, -0.2) is 52.6 Å². The molecule has 0 aliphatic carbocycles. The average Bonchev–Trinajstić information content (AvgIpc) is 3.39. The second kappa shape index (κ2) is 7.96. The quantitative estimate of drug-likeness (QED) is 0.714. The van der Waals surface area contributed by atoms with Gasteiger partial charge in [0.1, 0.15) is 10.7 Å². The van der Waals surface area contributed by atoms with Crippen LogP contribution < -0.4 is 0 Å². The zero-order valence-electron chi connectivity index (χ0n) is 13.7. The molecule has 0 radical (unpaired) electrons. The highest BCUT2D eigenvalue weighted by atomic mass is 35.5. The summed E-state index contributed by atoms with van der Waals surface area (Å²) in [6, 6.07) is 4.12. The van der Waals surface area contributed by atoms with Gasteiger partial charge in [-0.25, -0.2) is 4.98 Å². The van der Waals surface area contributed by atoms with Crippen molar-refractivity contribution in [3.05, 3.63) is 27.5 Å². The average molecular weight is 415 g/mol. The van der Waals surface area contributed by atoms with Gasteiger partial charge in [0.05, 0.1) is 15.3 Å². The van der Waals surface area contributed by atoms with E-state index in [9.17, 15) is 4.79 Å². The molecule has 1 amide bonds. The maximum absolute atomic E-state index is 13.2. The van der Waals surface area contributed by atoms with Crippen LogP contribution in [-0.2, 0) is 4.74 Å². The van der Waals surface area contributed by atoms with E-state index in [1.165, 1.54) is 22.7 Å². The Labute approximate surface area is 164 Å². The highest BCUT2D eigenvalue weighted by molar-refractivity contribution is 7.99. The Kier molecular flexibility index (Phi) is 5.67. The van der Waals surface area contributed by atoms with E-state index in [-0.39, 0.29) is 12.0 Å². The smallest absolute Gasteiger partial charge is 0.273 e. The van der Waals surface area contributed by atoms with Crippen molar-refractivity contribution in [1.29, 1.82) is 0 Å². The number of nitrogens with zero attached hydrogens (tertiary/aromatic N) is 2. The molecule has 2 aliphatic heterocycles. The van der Waals surface area contributed by atoms with Gasteiger partial charge >= 0.3 is 0 Å². The maximum Gasteiger partial charge on any atom is 0.273 e. The van der Waals surface area contributed by atoms with Crippen molar-refractivity contribution in [2.75, 3.05) is 24.7 Å². The van der Waals surface area contributed by atoms with E-state index in [1.807, 2.05) is 34.2 Å². The fourth-order valence-electron chi connectivity index (χ4n) is 3.23. The van der Waals surface area contributed by atoms with Crippen LogP contribution in [0.4, 0.5) is 0 Å². The van der Waals surface area contributed by atoms with Crippen LogP contribution in [0.1, 0.15) is 29.8 Å². The van der Waals surface area contributed by atoms with Crippen molar-refractivity contribution in [2.45, 2.75) is 31.4 Å². The number of thiophene rings is 1. The molecule has 2 saturated heterocycles. The molecule has 2 aromatic rings. The summed E-state index contributed by atoms with van der Waals surface area (Å²) in [6.07, 6.45) is 3.36. The monoisotopic (exact) mass is 414 g/mol. The van der Waals surface area contributed by atoms with Gasteiger partial charge in [0.15, 0.2) is 0 Å². The predicted octanol–water partition coefficient (Wildman–Crippen LogP) is 4.65. The Balaban J connectivity index is 1.53. The molecule has 8 heteroatoms. The van der Waals surface area contributed by atoms with Crippen LogP contribution in [0.5, 0.6) is 0 Å². The molecule has 4 nitrogen and oxygen atoms in total. The van der Waals surface area contributed by atoms with Gasteiger partial charge in [-0.1, -0.05) is 11.6 Å². The number of halogens is 1. The molecule has 0 saturated carbocycles. The van der Waals surface area contributed by atoms with E-state index in [1.54, 1.807) is 0 Å². The van der Waals surface area contributed by atoms with E-state index < -0.39 is 0 Å². The number of hydrogen-bond acceptors (Lipinski definition) is 6. The summed E-state index contributed by atoms with van der Waals surface area (Å²) < 4.78 is 6.51. The van der Waals surface area contributed by atoms with E-state index in [4.69, 9.17) is 16.3 Å². The minimum absolute atomic E-state index is 0.0353. The van der Waals surface area contributed by atoms with E-state index in [0.29, 0.717) is 18.3 Å². The van der Waals surface area contributed by atoms with Gasteiger partial charge in [-0.15, -0.1) is 22.7 Å². The normalized spacial score (nSPS) is 23.2. The third kappa shape index (κ3) is 4.06. The van der Waals surface area contributed by atoms with Crippen molar-refractivity contribution in [2.24, 2.45) is 0 Å². The summed E-state index contributed by atoms with van der Waals surface area (Å²) in [4.78, 5) is 20.8. The SMILES string of the molecule is O=C(c1csc(-c2ccc(Cl)s2)n1)N(CC1CCCO1)C1CCSC1. The van der Waals surface area contributed by atoms with Gasteiger partial charge in [-0.2, -0.15) is 11.8 Å². The van der Waals surface area contributed by atoms with E-state index in [2.05, 4.69) is 4.98 Å². The van der Waals surface area contributed by atoms with Gasteiger partial charge in [0.25, 0.3) is 5.91 Å². The molecule has 25 heavy (non-hydrogen) atoms. The highest BCUT2D eigenvalue weighted by Gasteiger charge is 2.32. The number of carbonyl (C=O) groups excluding carboxylic acids is 1. The number of ether oxygens (including phenoxy) is 1. The minimum atomic E-state index is 0.0353. The van der Waals surface area contributed by atoms with Crippen molar-refractivity contribution < 1.29 is 9.53 Å². The lowest BCUT2D eigenvalue weighted by molar-refractivity contribution is 0.0438. The van der Waals surface area contributed by atoms with Crippen molar-refractivity contribution in [3.8, 4) is 9.88 Å². The second-order valence-corrected chi connectivity index (χ2v) is 9.97. The van der Waals surface area contributed by atoms with E-state index >= 15 is 0 Å². The van der Waals surface area contributed by atoms with Crippen LogP contribution in [0.25, 0.3) is 9.88 Å². The summed E-state index contributed by atoms with van der Waals surface area (Å²) in [5.74, 6) is 2.17. The summed E-state index contributed by atoms with van der Waals surface area (Å²) >= 11 is 10.9. The van der Waals surface area contributed by atoms with Crippen molar-refractivity contribution in [1.82, 2.24) is 9.88 Å². The third-order valence-corrected chi connectivity index (χ3v) is 7.93. The number of hydrogen-bond donors (Lipinski definition) is 0. The van der Waals surface area contributed by atoms with Crippen LogP contribution in [0.3, 0.4) is 0 Å². The fourth-order valence-corrected chi connectivity index (χ4v) is 6.37. The number of thioether (sulfide) groups is 1. The molecule has 0 spiro atoms. The van der Waals surface area contributed by atoms with Crippen molar-refractivity contribution in [3.63, 3.8) is 0 Å². The largest absolute Gasteiger partial charge is 0.376 e. The summed E-state index contributed by atoms with van der Waals surface area (Å²) in [5, 5.41) is 2.73. The Morgan fingerprint density at radius 3 is 3.00 bits per heavy atom. The molecular formula is C17H19ClN2O2S3. The second-order valence-electron chi connectivity index (χ2n) is 6.25. The van der Waals surface area contributed by atoms with Crippen molar-refractivity contribution >= 4 is 51.9 Å². The first kappa shape index (κ1) is 17.8. The minimum Gasteiger partial charge on any atom is -0.376 e. The highest BCUT2D eigenvalue weighted by Crippen LogP contribution is 2.33. The summed E-state index contributed by atoms with van der Waals surface area (Å²) in [6.45, 7) is 1.49. The Morgan fingerprint density at radius 1 is 1.40 bits per heavy atom. The van der Waals surface area contributed by atoms with Crippen LogP contribution in [0.2, 0.25) is 4.34 Å². The zero-order chi connectivity index (χ0) is 17.2. The molecule has 4 heterocycles. The fraction of sp³-hybridized carbons (Fsp3) is 0.529. The van der Waals surface area contributed by atoms with Gasteiger partial charge in [0.2, 0.25) is 0 Å². The Bertz CT molecular complexity index is 736. The molecule has 0 bridgehead atoms. The number of rotatable bonds is 5. The predicted molar refractivity (Wildman–Crippen MR) is 106 cm³/mol. The standard InChI is InChI=1S/C17H19ClN2O2S3/c18-15-4-3-14(25-15)16-19-13(10-24-16)17(21)20(11-5-7-23-9-11)8-12-2-1-6-22-12/h3-4,10-12H,1-2,5-9H2. The van der Waals surface area contributed by atoms with Crippen LogP contribution >= 0.6 is 46.0 Å². The first-order valence-electron chi connectivity index (χ1n) is 8.42. The van der Waals surface area contributed by atoms with Gasteiger partial charge in [-0.3, -0.25) is 4.79 Å². The molecule has 2 fully saturated rings. The van der Waals surface area contributed by atoms with Gasteiger partial charge < -0.3 is 9.64 Å². The first-order valence-corrected chi connectivity index (χ1v) is 11.6. The molecule has 0 N–H and O–H groups in total. The maximum atomic E-state index is 13.2.